The van der Waals surface area contributed by atoms with Crippen molar-refractivity contribution >= 4 is 0 Å². The zero-order valence-corrected chi connectivity index (χ0v) is 13.0. The van der Waals surface area contributed by atoms with Gasteiger partial charge in [-0.15, -0.1) is 0 Å². The Kier molecular flexibility index (Phi) is 6.55. The van der Waals surface area contributed by atoms with Gasteiger partial charge in [-0.1, -0.05) is 44.0 Å². The van der Waals surface area contributed by atoms with E-state index >= 15 is 0 Å². The number of aryl methyl sites for hydroxylation is 1. The summed E-state index contributed by atoms with van der Waals surface area (Å²) in [4.78, 5) is 0. The van der Waals surface area contributed by atoms with Crippen molar-refractivity contribution in [1.29, 1.82) is 0 Å². The number of benzene rings is 1. The Morgan fingerprint density at radius 3 is 2.70 bits per heavy atom. The Bertz CT molecular complexity index is 385. The second-order valence-corrected chi connectivity index (χ2v) is 6.03. The molecule has 1 fully saturated rings. The molecule has 0 spiro atoms. The minimum atomic E-state index is 0.198. The van der Waals surface area contributed by atoms with Gasteiger partial charge in [0, 0.05) is 6.54 Å². The highest BCUT2D eigenvalue weighted by molar-refractivity contribution is 5.28. The van der Waals surface area contributed by atoms with Gasteiger partial charge in [0.05, 0.1) is 12.7 Å². The van der Waals surface area contributed by atoms with Gasteiger partial charge in [-0.25, -0.2) is 0 Å². The third kappa shape index (κ3) is 4.60. The molecule has 0 saturated heterocycles. The van der Waals surface area contributed by atoms with Gasteiger partial charge in [-0.2, -0.15) is 0 Å². The molecule has 1 aliphatic rings. The lowest BCUT2D eigenvalue weighted by Gasteiger charge is -2.22. The van der Waals surface area contributed by atoms with Crippen molar-refractivity contribution < 1.29 is 4.74 Å². The first-order valence-electron chi connectivity index (χ1n) is 8.19. The SMILES string of the molecule is CCCNCC(OCC1CCCC1)c1ccccc1C. The van der Waals surface area contributed by atoms with E-state index in [1.807, 2.05) is 0 Å². The number of hydrogen-bond donors (Lipinski definition) is 1. The summed E-state index contributed by atoms with van der Waals surface area (Å²) < 4.78 is 6.28. The molecule has 1 atom stereocenters. The topological polar surface area (TPSA) is 21.3 Å². The molecule has 2 rings (SSSR count). The largest absolute Gasteiger partial charge is 0.372 e. The molecule has 1 aromatic rings. The van der Waals surface area contributed by atoms with Gasteiger partial charge in [0.15, 0.2) is 0 Å². The van der Waals surface area contributed by atoms with Crippen LogP contribution in [-0.4, -0.2) is 19.7 Å². The third-order valence-corrected chi connectivity index (χ3v) is 4.30. The van der Waals surface area contributed by atoms with Crippen molar-refractivity contribution in [2.24, 2.45) is 5.92 Å². The van der Waals surface area contributed by atoms with Gasteiger partial charge in [0.25, 0.3) is 0 Å². The lowest BCUT2D eigenvalue weighted by Crippen LogP contribution is -2.25. The summed E-state index contributed by atoms with van der Waals surface area (Å²) in [6.07, 6.45) is 6.84. The number of nitrogens with one attached hydrogen (secondary N) is 1. The Morgan fingerprint density at radius 2 is 2.00 bits per heavy atom. The van der Waals surface area contributed by atoms with Crippen LogP contribution in [0.15, 0.2) is 24.3 Å². The second-order valence-electron chi connectivity index (χ2n) is 6.03. The molecule has 2 heteroatoms. The summed E-state index contributed by atoms with van der Waals surface area (Å²) in [6.45, 7) is 7.30. The fourth-order valence-corrected chi connectivity index (χ4v) is 3.05. The van der Waals surface area contributed by atoms with E-state index in [1.165, 1.54) is 43.2 Å². The highest BCUT2D eigenvalue weighted by atomic mass is 16.5. The molecule has 20 heavy (non-hydrogen) atoms. The maximum atomic E-state index is 6.28. The lowest BCUT2D eigenvalue weighted by molar-refractivity contribution is 0.0292. The third-order valence-electron chi connectivity index (χ3n) is 4.30. The van der Waals surface area contributed by atoms with Crippen molar-refractivity contribution in [2.75, 3.05) is 19.7 Å². The summed E-state index contributed by atoms with van der Waals surface area (Å²) >= 11 is 0. The van der Waals surface area contributed by atoms with Gasteiger partial charge in [-0.3, -0.25) is 0 Å². The van der Waals surface area contributed by atoms with Gasteiger partial charge in [0.2, 0.25) is 0 Å². The Labute approximate surface area is 123 Å². The number of ether oxygens (including phenoxy) is 1. The first kappa shape index (κ1) is 15.5. The van der Waals surface area contributed by atoms with E-state index in [4.69, 9.17) is 4.74 Å². The second kappa shape index (κ2) is 8.43. The standard InChI is InChI=1S/C18H29NO/c1-3-12-19-13-18(17-11-7-4-8-15(17)2)20-14-16-9-5-6-10-16/h4,7-8,11,16,18-19H,3,5-6,9-10,12-14H2,1-2H3. The zero-order chi connectivity index (χ0) is 14.2. The Balaban J connectivity index is 1.94. The van der Waals surface area contributed by atoms with E-state index in [0.717, 1.165) is 25.6 Å². The monoisotopic (exact) mass is 275 g/mol. The molecule has 1 saturated carbocycles. The molecular weight excluding hydrogens is 246 g/mol. The van der Waals surface area contributed by atoms with Crippen LogP contribution in [0.4, 0.5) is 0 Å². The molecular formula is C18H29NO. The minimum Gasteiger partial charge on any atom is -0.372 e. The Morgan fingerprint density at radius 1 is 1.25 bits per heavy atom. The molecule has 1 N–H and O–H groups in total. The molecule has 0 aliphatic heterocycles. The predicted octanol–water partition coefficient (Wildman–Crippen LogP) is 4.24. The van der Waals surface area contributed by atoms with Crippen molar-refractivity contribution in [3.63, 3.8) is 0 Å². The first-order valence-corrected chi connectivity index (χ1v) is 8.19. The number of hydrogen-bond acceptors (Lipinski definition) is 2. The lowest BCUT2D eigenvalue weighted by atomic mass is 10.0. The smallest absolute Gasteiger partial charge is 0.0951 e. The van der Waals surface area contributed by atoms with Crippen LogP contribution in [0.1, 0.15) is 56.3 Å². The average molecular weight is 275 g/mol. The molecule has 1 aromatic carbocycles. The molecule has 0 aromatic heterocycles. The summed E-state index contributed by atoms with van der Waals surface area (Å²) in [5, 5.41) is 3.51. The summed E-state index contributed by atoms with van der Waals surface area (Å²) in [5.74, 6) is 0.785. The molecule has 0 radical (unpaired) electrons. The molecule has 0 bridgehead atoms. The van der Waals surface area contributed by atoms with Crippen LogP contribution in [0.25, 0.3) is 0 Å². The van der Waals surface area contributed by atoms with E-state index < -0.39 is 0 Å². The highest BCUT2D eigenvalue weighted by Crippen LogP contribution is 2.28. The highest BCUT2D eigenvalue weighted by Gasteiger charge is 2.19. The van der Waals surface area contributed by atoms with E-state index in [9.17, 15) is 0 Å². The normalized spacial score (nSPS) is 17.5. The van der Waals surface area contributed by atoms with Gasteiger partial charge in [0.1, 0.15) is 0 Å². The molecule has 1 unspecified atom stereocenters. The quantitative estimate of drug-likeness (QED) is 0.716. The van der Waals surface area contributed by atoms with E-state index in [2.05, 4.69) is 43.4 Å². The van der Waals surface area contributed by atoms with Crippen molar-refractivity contribution in [3.8, 4) is 0 Å². The summed E-state index contributed by atoms with van der Waals surface area (Å²) in [5.41, 5.74) is 2.68. The fraction of sp³-hybridized carbons (Fsp3) is 0.667. The predicted molar refractivity (Wildman–Crippen MR) is 85.0 cm³/mol. The van der Waals surface area contributed by atoms with Crippen LogP contribution in [0, 0.1) is 12.8 Å². The molecule has 1 aliphatic carbocycles. The first-order chi connectivity index (χ1) is 9.81. The van der Waals surface area contributed by atoms with Crippen LogP contribution in [0.3, 0.4) is 0 Å². The van der Waals surface area contributed by atoms with Crippen molar-refractivity contribution in [3.05, 3.63) is 35.4 Å². The maximum absolute atomic E-state index is 6.28. The number of rotatable bonds is 8. The molecule has 0 amide bonds. The minimum absolute atomic E-state index is 0.198. The maximum Gasteiger partial charge on any atom is 0.0951 e. The van der Waals surface area contributed by atoms with Crippen LogP contribution in [0.5, 0.6) is 0 Å². The van der Waals surface area contributed by atoms with Crippen molar-refractivity contribution in [2.45, 2.75) is 52.1 Å². The van der Waals surface area contributed by atoms with Crippen LogP contribution in [-0.2, 0) is 4.74 Å². The summed E-state index contributed by atoms with van der Waals surface area (Å²) in [7, 11) is 0. The molecule has 0 heterocycles. The summed E-state index contributed by atoms with van der Waals surface area (Å²) in [6, 6.07) is 8.61. The molecule has 112 valence electrons. The van der Waals surface area contributed by atoms with Crippen LogP contribution < -0.4 is 5.32 Å². The van der Waals surface area contributed by atoms with Gasteiger partial charge < -0.3 is 10.1 Å². The zero-order valence-electron chi connectivity index (χ0n) is 13.0. The van der Waals surface area contributed by atoms with Crippen LogP contribution in [0.2, 0.25) is 0 Å². The van der Waals surface area contributed by atoms with Crippen molar-refractivity contribution in [1.82, 2.24) is 5.32 Å². The van der Waals surface area contributed by atoms with E-state index in [-0.39, 0.29) is 6.10 Å². The van der Waals surface area contributed by atoms with Gasteiger partial charge in [-0.05, 0) is 49.8 Å². The fourth-order valence-electron chi connectivity index (χ4n) is 3.05. The van der Waals surface area contributed by atoms with Crippen LogP contribution >= 0.6 is 0 Å². The van der Waals surface area contributed by atoms with E-state index in [1.54, 1.807) is 0 Å². The van der Waals surface area contributed by atoms with E-state index in [0.29, 0.717) is 0 Å². The Hall–Kier alpha value is -0.860. The van der Waals surface area contributed by atoms with Gasteiger partial charge >= 0.3 is 0 Å². The molecule has 2 nitrogen and oxygen atoms in total. The average Bonchev–Trinajstić information content (AvgIpc) is 2.97.